The van der Waals surface area contributed by atoms with Crippen LogP contribution in [0.25, 0.3) is 0 Å². The number of carbonyl (C=O) groups excluding carboxylic acids is 3. The Balaban J connectivity index is 2.98. The number of hydrogen-bond acceptors (Lipinski definition) is 8. The van der Waals surface area contributed by atoms with Gasteiger partial charge in [0.15, 0.2) is 5.60 Å². The molecule has 0 aliphatic carbocycles. The minimum Gasteiger partial charge on any atom is -0.481 e. The van der Waals surface area contributed by atoms with Crippen LogP contribution in [0.5, 0.6) is 5.75 Å². The first kappa shape index (κ1) is 44.3. The molecule has 1 rings (SSSR count). The van der Waals surface area contributed by atoms with Crippen LogP contribution in [0.15, 0.2) is 36.4 Å². The van der Waals surface area contributed by atoms with Crippen LogP contribution in [0.3, 0.4) is 0 Å². The second-order valence-electron chi connectivity index (χ2n) is 12.4. The highest BCUT2D eigenvalue weighted by molar-refractivity contribution is 5.93. The number of allylic oxidation sites excluding steroid dienone is 1. The summed E-state index contributed by atoms with van der Waals surface area (Å²) < 4.78 is 15.6. The van der Waals surface area contributed by atoms with Crippen molar-refractivity contribution in [3.8, 4) is 17.6 Å². The summed E-state index contributed by atoms with van der Waals surface area (Å²) in [5, 5.41) is 26.9. The first-order chi connectivity index (χ1) is 24.1. The number of Topliss-reactive ketones (excluding diaryl/α,β-unsaturated/α-hetero) is 1. The molecule has 0 aromatic heterocycles. The van der Waals surface area contributed by atoms with E-state index in [1.54, 1.807) is 37.3 Å². The van der Waals surface area contributed by atoms with Crippen molar-refractivity contribution in [1.29, 1.82) is 0 Å². The molecule has 0 saturated carbocycles. The van der Waals surface area contributed by atoms with Crippen LogP contribution < -0.4 is 15.4 Å². The minimum absolute atomic E-state index is 0.0982. The highest BCUT2D eigenvalue weighted by Gasteiger charge is 2.47. The molecule has 0 saturated heterocycles. The van der Waals surface area contributed by atoms with Gasteiger partial charge in [0, 0.05) is 53.1 Å². The molecule has 0 bridgehead atoms. The van der Waals surface area contributed by atoms with Crippen LogP contribution >= 0.6 is 0 Å². The van der Waals surface area contributed by atoms with E-state index in [-0.39, 0.29) is 39.2 Å². The molecule has 0 radical (unpaired) electrons. The van der Waals surface area contributed by atoms with Crippen molar-refractivity contribution in [1.82, 2.24) is 10.6 Å². The van der Waals surface area contributed by atoms with Gasteiger partial charge in [0.05, 0.1) is 12.5 Å². The van der Waals surface area contributed by atoms with Crippen molar-refractivity contribution in [2.75, 3.05) is 40.6 Å². The Hall–Kier alpha value is -3.72. The Morgan fingerprint density at radius 3 is 2.14 bits per heavy atom. The fourth-order valence-electron chi connectivity index (χ4n) is 5.36. The maximum Gasteiger partial charge on any atom is 0.336 e. The Morgan fingerprint density at radius 2 is 1.54 bits per heavy atom. The number of hydrogen-bond donors (Lipinski definition) is 4. The van der Waals surface area contributed by atoms with E-state index in [1.807, 2.05) is 0 Å². The second kappa shape index (κ2) is 27.1. The number of carboxylic acid groups (broad SMARTS) is 1. The zero-order valence-electron chi connectivity index (χ0n) is 30.6. The van der Waals surface area contributed by atoms with Gasteiger partial charge in [-0.3, -0.25) is 14.4 Å². The maximum atomic E-state index is 13.8. The highest BCUT2D eigenvalue weighted by atomic mass is 16.5. The zero-order chi connectivity index (χ0) is 37.0. The standard InChI is InChI=1S/C39H60N2O9/c1-5-7-9-12-15-18-32(42)19-16-13-10-11-14-17-20-34(39(47,38(45)46)25-28-48-3)36(43)41-35(37(44)40-26-29-49-4)30-31-21-23-33(24-22-31)50-27-8-6-2/h17,20-24,34-35,47H,5,7,9-16,18-19,25-30H2,1-4H3,(H,40,44)(H,41,43)(H,45,46)/b20-17+/t34-,35+,39+/m1/s1. The number of aliphatic hydroxyl groups is 1. The third kappa shape index (κ3) is 18.3. The summed E-state index contributed by atoms with van der Waals surface area (Å²) in [4.78, 5) is 51.6. The van der Waals surface area contributed by atoms with Gasteiger partial charge in [-0.2, -0.15) is 0 Å². The number of benzene rings is 1. The van der Waals surface area contributed by atoms with Gasteiger partial charge in [-0.15, -0.1) is 5.92 Å². The SMILES string of the molecule is CC#CCOc1ccc(C[C@H](NC(=O)[C@@H](/C=C/CCCCCCC(=O)CCCCCCC)[C@@](O)(CCOC)C(=O)O)C(=O)NCCOC)cc1. The molecule has 0 aliphatic rings. The van der Waals surface area contributed by atoms with Crippen molar-refractivity contribution < 1.29 is 43.6 Å². The summed E-state index contributed by atoms with van der Waals surface area (Å²) in [6.45, 7) is 4.49. The molecule has 1 aromatic rings. The predicted molar refractivity (Wildman–Crippen MR) is 194 cm³/mol. The van der Waals surface area contributed by atoms with Crippen molar-refractivity contribution >= 4 is 23.6 Å². The molecule has 280 valence electrons. The number of ether oxygens (including phenoxy) is 3. The molecule has 1 aromatic carbocycles. The summed E-state index contributed by atoms with van der Waals surface area (Å²) in [6, 6.07) is 5.93. The summed E-state index contributed by atoms with van der Waals surface area (Å²) >= 11 is 0. The number of carboxylic acids is 1. The summed E-state index contributed by atoms with van der Waals surface area (Å²) in [5.74, 6) is 2.12. The second-order valence-corrected chi connectivity index (χ2v) is 12.4. The third-order valence-electron chi connectivity index (χ3n) is 8.41. The summed E-state index contributed by atoms with van der Waals surface area (Å²) in [6.07, 6.45) is 13.7. The van der Waals surface area contributed by atoms with Crippen LogP contribution in [0.4, 0.5) is 0 Å². The lowest BCUT2D eigenvalue weighted by molar-refractivity contribution is -0.168. The molecule has 50 heavy (non-hydrogen) atoms. The Bertz CT molecular complexity index is 1220. The van der Waals surface area contributed by atoms with Crippen molar-refractivity contribution in [2.45, 2.75) is 115 Å². The van der Waals surface area contributed by atoms with E-state index in [4.69, 9.17) is 14.2 Å². The van der Waals surface area contributed by atoms with Gasteiger partial charge in [-0.25, -0.2) is 4.79 Å². The fraction of sp³-hybridized carbons (Fsp3) is 0.641. The normalized spacial score (nSPS) is 13.5. The predicted octanol–water partition coefficient (Wildman–Crippen LogP) is 5.17. The summed E-state index contributed by atoms with van der Waals surface area (Å²) in [5.41, 5.74) is -1.76. The van der Waals surface area contributed by atoms with Crippen LogP contribution in [-0.4, -0.2) is 86.0 Å². The lowest BCUT2D eigenvalue weighted by Gasteiger charge is -2.31. The van der Waals surface area contributed by atoms with Crippen molar-refractivity contribution in [2.24, 2.45) is 5.92 Å². The molecular formula is C39H60N2O9. The number of rotatable bonds is 29. The van der Waals surface area contributed by atoms with Gasteiger partial charge < -0.3 is 35.1 Å². The minimum atomic E-state index is -2.48. The zero-order valence-corrected chi connectivity index (χ0v) is 30.6. The molecular weight excluding hydrogens is 640 g/mol. The molecule has 0 aliphatic heterocycles. The largest absolute Gasteiger partial charge is 0.481 e. The van der Waals surface area contributed by atoms with Crippen LogP contribution in [0.1, 0.15) is 103 Å². The molecule has 0 heterocycles. The lowest BCUT2D eigenvalue weighted by atomic mass is 9.83. The van der Waals surface area contributed by atoms with Crippen LogP contribution in [0.2, 0.25) is 0 Å². The first-order valence-corrected chi connectivity index (χ1v) is 17.9. The summed E-state index contributed by atoms with van der Waals surface area (Å²) in [7, 11) is 2.88. The van der Waals surface area contributed by atoms with Crippen LogP contribution in [0, 0.1) is 17.8 Å². The number of nitrogens with one attached hydrogen (secondary N) is 2. The molecule has 2 amide bonds. The van der Waals surface area contributed by atoms with E-state index in [2.05, 4.69) is 29.4 Å². The highest BCUT2D eigenvalue weighted by Crippen LogP contribution is 2.26. The molecule has 11 heteroatoms. The topological polar surface area (TPSA) is 160 Å². The number of carbonyl (C=O) groups is 4. The van der Waals surface area contributed by atoms with Gasteiger partial charge in [0.1, 0.15) is 24.2 Å². The van der Waals surface area contributed by atoms with Crippen molar-refractivity contribution in [3.05, 3.63) is 42.0 Å². The maximum absolute atomic E-state index is 13.8. The number of methoxy groups -OCH3 is 2. The lowest BCUT2D eigenvalue weighted by Crippen LogP contribution is -2.56. The van der Waals surface area contributed by atoms with Gasteiger partial charge in [-0.05, 0) is 50.3 Å². The number of aliphatic carboxylic acids is 1. The molecule has 4 N–H and O–H groups in total. The fourth-order valence-corrected chi connectivity index (χ4v) is 5.36. The van der Waals surface area contributed by atoms with Gasteiger partial charge in [-0.1, -0.05) is 75.7 Å². The van der Waals surface area contributed by atoms with E-state index in [1.165, 1.54) is 39.6 Å². The van der Waals surface area contributed by atoms with Gasteiger partial charge >= 0.3 is 5.97 Å². The quantitative estimate of drug-likeness (QED) is 0.0502. The van der Waals surface area contributed by atoms with E-state index in [9.17, 15) is 29.4 Å². The Morgan fingerprint density at radius 1 is 0.900 bits per heavy atom. The molecule has 0 spiro atoms. The molecule has 11 nitrogen and oxygen atoms in total. The Kier molecular flexibility index (Phi) is 24.0. The smallest absolute Gasteiger partial charge is 0.336 e. The third-order valence-corrected chi connectivity index (χ3v) is 8.41. The van der Waals surface area contributed by atoms with E-state index >= 15 is 0 Å². The molecule has 0 fully saturated rings. The van der Waals surface area contributed by atoms with Crippen LogP contribution in [-0.2, 0) is 35.1 Å². The van der Waals surface area contributed by atoms with Gasteiger partial charge in [0.25, 0.3) is 0 Å². The van der Waals surface area contributed by atoms with E-state index in [0.717, 1.165) is 44.1 Å². The Labute approximate surface area is 298 Å². The number of ketones is 1. The van der Waals surface area contributed by atoms with E-state index in [0.29, 0.717) is 30.8 Å². The van der Waals surface area contributed by atoms with E-state index < -0.39 is 35.3 Å². The monoisotopic (exact) mass is 700 g/mol. The molecule has 3 atom stereocenters. The van der Waals surface area contributed by atoms with Crippen molar-refractivity contribution in [3.63, 3.8) is 0 Å². The number of amides is 2. The molecule has 0 unspecified atom stereocenters. The first-order valence-electron chi connectivity index (χ1n) is 17.9. The average molecular weight is 701 g/mol. The van der Waals surface area contributed by atoms with Gasteiger partial charge in [0.2, 0.25) is 11.8 Å². The average Bonchev–Trinajstić information content (AvgIpc) is 3.10. The number of unbranched alkanes of at least 4 members (excludes halogenated alkanes) is 8.